The molecule has 4 nitrogen and oxygen atoms in total. The van der Waals surface area contributed by atoms with Crippen LogP contribution in [0.3, 0.4) is 0 Å². The molecular formula is C24H28FN3O. The van der Waals surface area contributed by atoms with Crippen LogP contribution in [0.5, 0.6) is 0 Å². The van der Waals surface area contributed by atoms with Gasteiger partial charge in [0.15, 0.2) is 0 Å². The number of hydrogen-bond donors (Lipinski definition) is 1. The van der Waals surface area contributed by atoms with Crippen molar-refractivity contribution in [3.8, 4) is 0 Å². The summed E-state index contributed by atoms with van der Waals surface area (Å²) in [7, 11) is 0. The Morgan fingerprint density at radius 2 is 1.90 bits per heavy atom. The summed E-state index contributed by atoms with van der Waals surface area (Å²) >= 11 is 0. The number of nitrogens with zero attached hydrogens (tertiary/aromatic N) is 2. The lowest BCUT2D eigenvalue weighted by Crippen LogP contribution is -2.28. The molecule has 0 aliphatic heterocycles. The summed E-state index contributed by atoms with van der Waals surface area (Å²) in [6.07, 6.45) is 12.4. The molecule has 1 heterocycles. The first-order valence-electron chi connectivity index (χ1n) is 10.4. The van der Waals surface area contributed by atoms with Crippen molar-refractivity contribution in [1.82, 2.24) is 9.13 Å². The van der Waals surface area contributed by atoms with Crippen LogP contribution in [0.2, 0.25) is 0 Å². The highest BCUT2D eigenvalue weighted by molar-refractivity contribution is 5.76. The third-order valence-electron chi connectivity index (χ3n) is 5.76. The summed E-state index contributed by atoms with van der Waals surface area (Å²) in [6, 6.07) is 7.95. The van der Waals surface area contributed by atoms with Gasteiger partial charge in [-0.15, -0.1) is 0 Å². The second-order valence-electron chi connectivity index (χ2n) is 7.58. The number of hydrogen-bond acceptors (Lipinski definition) is 2. The summed E-state index contributed by atoms with van der Waals surface area (Å²) < 4.78 is 24.1. The number of nitrogens with one attached hydrogen (secondary N) is 1. The van der Waals surface area contributed by atoms with Crippen molar-refractivity contribution in [1.29, 1.82) is 5.41 Å². The molecule has 2 aliphatic carbocycles. The highest BCUT2D eigenvalue weighted by atomic mass is 19.1. The Morgan fingerprint density at radius 1 is 1.10 bits per heavy atom. The average Bonchev–Trinajstić information content (AvgIpc) is 3.02. The molecular weight excluding hydrogens is 365 g/mol. The summed E-state index contributed by atoms with van der Waals surface area (Å²) in [5.41, 5.74) is 4.49. The molecule has 0 radical (unpaired) electrons. The number of alkyl halides is 1. The molecule has 1 unspecified atom stereocenters. The van der Waals surface area contributed by atoms with E-state index in [9.17, 15) is 4.39 Å². The molecule has 2 aromatic rings. The van der Waals surface area contributed by atoms with Gasteiger partial charge in [-0.25, -0.2) is 4.39 Å². The summed E-state index contributed by atoms with van der Waals surface area (Å²) in [5, 5.41) is 8.71. The third kappa shape index (κ3) is 4.14. The molecule has 5 heteroatoms. The van der Waals surface area contributed by atoms with Crippen LogP contribution in [0.15, 0.2) is 71.6 Å². The van der Waals surface area contributed by atoms with E-state index in [1.807, 2.05) is 51.6 Å². The zero-order chi connectivity index (χ0) is 20.2. The summed E-state index contributed by atoms with van der Waals surface area (Å²) in [5.74, 6) is 1.01. The molecule has 2 aliphatic rings. The van der Waals surface area contributed by atoms with Crippen LogP contribution in [0.4, 0.5) is 4.39 Å². The van der Waals surface area contributed by atoms with Crippen molar-refractivity contribution >= 4 is 11.0 Å². The summed E-state index contributed by atoms with van der Waals surface area (Å²) in [4.78, 5) is 0. The number of benzene rings is 1. The number of para-hydroxylation sites is 2. The molecule has 152 valence electrons. The van der Waals surface area contributed by atoms with Crippen molar-refractivity contribution in [2.75, 3.05) is 6.61 Å². The van der Waals surface area contributed by atoms with Gasteiger partial charge in [0.25, 0.3) is 0 Å². The third-order valence-corrected chi connectivity index (χ3v) is 5.76. The molecule has 0 bridgehead atoms. The Hall–Kier alpha value is -2.82. The zero-order valence-electron chi connectivity index (χ0n) is 16.9. The van der Waals surface area contributed by atoms with Crippen LogP contribution >= 0.6 is 0 Å². The SMILES string of the molecule is CCC1=CC=C(OCCn2c(=N)n(CC3=CC=CCC3F)c3ccccc32)CC1. The van der Waals surface area contributed by atoms with Gasteiger partial charge in [0.05, 0.1) is 29.9 Å². The van der Waals surface area contributed by atoms with E-state index in [-0.39, 0.29) is 0 Å². The first kappa shape index (κ1) is 19.5. The molecule has 1 aromatic heterocycles. The molecule has 0 amide bonds. The van der Waals surface area contributed by atoms with E-state index in [0.29, 0.717) is 31.7 Å². The average molecular weight is 394 g/mol. The molecule has 0 saturated heterocycles. The quantitative estimate of drug-likeness (QED) is 0.692. The fourth-order valence-electron chi connectivity index (χ4n) is 4.00. The number of rotatable bonds is 7. The second kappa shape index (κ2) is 8.68. The van der Waals surface area contributed by atoms with E-state index >= 15 is 0 Å². The summed E-state index contributed by atoms with van der Waals surface area (Å²) in [6.45, 7) is 3.68. The van der Waals surface area contributed by atoms with E-state index in [1.165, 1.54) is 5.57 Å². The lowest BCUT2D eigenvalue weighted by Gasteiger charge is -2.16. The van der Waals surface area contributed by atoms with E-state index in [2.05, 4.69) is 19.1 Å². The minimum Gasteiger partial charge on any atom is -0.496 e. The number of imidazole rings is 1. The van der Waals surface area contributed by atoms with Gasteiger partial charge < -0.3 is 13.9 Å². The van der Waals surface area contributed by atoms with Crippen LogP contribution in [-0.4, -0.2) is 21.9 Å². The van der Waals surface area contributed by atoms with Crippen molar-refractivity contribution in [2.24, 2.45) is 0 Å². The lowest BCUT2D eigenvalue weighted by molar-refractivity contribution is 0.189. The van der Waals surface area contributed by atoms with Gasteiger partial charge in [-0.2, -0.15) is 0 Å². The first-order chi connectivity index (χ1) is 14.2. The largest absolute Gasteiger partial charge is 0.496 e. The van der Waals surface area contributed by atoms with Crippen molar-refractivity contribution in [3.63, 3.8) is 0 Å². The van der Waals surface area contributed by atoms with Gasteiger partial charge in [-0.05, 0) is 36.6 Å². The fraction of sp³-hybridized carbons (Fsp3) is 0.375. The topological polar surface area (TPSA) is 42.9 Å². The zero-order valence-corrected chi connectivity index (χ0v) is 16.9. The van der Waals surface area contributed by atoms with Crippen LogP contribution in [-0.2, 0) is 17.8 Å². The number of ether oxygens (including phenoxy) is 1. The van der Waals surface area contributed by atoms with Gasteiger partial charge in [0.2, 0.25) is 5.62 Å². The van der Waals surface area contributed by atoms with Crippen LogP contribution < -0.4 is 5.62 Å². The number of allylic oxidation sites excluding steroid dienone is 8. The Kier molecular flexibility index (Phi) is 5.84. The second-order valence-corrected chi connectivity index (χ2v) is 7.58. The predicted octanol–water partition coefficient (Wildman–Crippen LogP) is 5.18. The Bertz CT molecular complexity index is 1070. The fourth-order valence-corrected chi connectivity index (χ4v) is 4.00. The highest BCUT2D eigenvalue weighted by Gasteiger charge is 2.18. The smallest absolute Gasteiger partial charge is 0.203 e. The Labute approximate surface area is 170 Å². The van der Waals surface area contributed by atoms with E-state index in [4.69, 9.17) is 10.1 Å². The Morgan fingerprint density at radius 3 is 2.59 bits per heavy atom. The van der Waals surface area contributed by atoms with Gasteiger partial charge in [-0.3, -0.25) is 5.41 Å². The lowest BCUT2D eigenvalue weighted by atomic mass is 10.0. The van der Waals surface area contributed by atoms with Crippen molar-refractivity contribution in [3.05, 3.63) is 77.2 Å². The molecule has 0 spiro atoms. The van der Waals surface area contributed by atoms with Crippen LogP contribution in [0.1, 0.15) is 32.6 Å². The molecule has 4 rings (SSSR count). The van der Waals surface area contributed by atoms with Crippen LogP contribution in [0.25, 0.3) is 11.0 Å². The predicted molar refractivity (Wildman–Crippen MR) is 114 cm³/mol. The minimum absolute atomic E-state index is 0.378. The molecule has 29 heavy (non-hydrogen) atoms. The minimum atomic E-state index is -0.975. The molecule has 1 aromatic carbocycles. The number of aromatic nitrogens is 2. The standard InChI is InChI=1S/C24H28FN3O/c1-2-18-11-13-20(14-12-18)29-16-15-27-22-9-5-6-10-23(22)28(24(27)26)17-19-7-3-4-8-21(19)25/h3-7,9-11,13,21,26H,2,8,12,14-17H2,1H3. The van der Waals surface area contributed by atoms with Crippen molar-refractivity contribution in [2.45, 2.75) is 51.9 Å². The Balaban J connectivity index is 1.54. The number of halogens is 1. The maximum Gasteiger partial charge on any atom is 0.203 e. The van der Waals surface area contributed by atoms with E-state index < -0.39 is 6.17 Å². The maximum absolute atomic E-state index is 14.3. The van der Waals surface area contributed by atoms with Crippen LogP contribution in [0, 0.1) is 5.41 Å². The maximum atomic E-state index is 14.3. The van der Waals surface area contributed by atoms with Crippen molar-refractivity contribution < 1.29 is 9.13 Å². The highest BCUT2D eigenvalue weighted by Crippen LogP contribution is 2.22. The van der Waals surface area contributed by atoms with E-state index in [1.54, 1.807) is 0 Å². The molecule has 1 N–H and O–H groups in total. The van der Waals surface area contributed by atoms with E-state index in [0.717, 1.165) is 41.6 Å². The number of fused-ring (bicyclic) bond motifs is 1. The normalized spacial score (nSPS) is 19.1. The molecule has 0 fully saturated rings. The molecule has 1 atom stereocenters. The van der Waals surface area contributed by atoms with Gasteiger partial charge in [-0.1, -0.05) is 48.9 Å². The molecule has 0 saturated carbocycles. The first-order valence-corrected chi connectivity index (χ1v) is 10.4. The monoisotopic (exact) mass is 393 g/mol. The van der Waals surface area contributed by atoms with Gasteiger partial charge in [0, 0.05) is 12.8 Å². The van der Waals surface area contributed by atoms with Gasteiger partial charge >= 0.3 is 0 Å². The van der Waals surface area contributed by atoms with Gasteiger partial charge in [0.1, 0.15) is 12.8 Å².